The highest BCUT2D eigenvalue weighted by Gasteiger charge is 2.22. The summed E-state index contributed by atoms with van der Waals surface area (Å²) in [6, 6.07) is 23.5. The van der Waals surface area contributed by atoms with Gasteiger partial charge in [0.25, 0.3) is 5.91 Å². The molecule has 0 saturated carbocycles. The fraction of sp³-hybridized carbons (Fsp3) is 0.125. The lowest BCUT2D eigenvalue weighted by atomic mass is 9.96. The van der Waals surface area contributed by atoms with Gasteiger partial charge in [0.1, 0.15) is 0 Å². The second-order valence-corrected chi connectivity index (χ2v) is 9.50. The number of aromatic nitrogens is 5. The van der Waals surface area contributed by atoms with E-state index in [0.29, 0.717) is 11.3 Å². The highest BCUT2D eigenvalue weighted by molar-refractivity contribution is 6.02. The summed E-state index contributed by atoms with van der Waals surface area (Å²) < 4.78 is 3.46. The first-order valence-electron chi connectivity index (χ1n) is 12.7. The molecular weight excluding hydrogens is 484 g/mol. The summed E-state index contributed by atoms with van der Waals surface area (Å²) in [5, 5.41) is 12.8. The summed E-state index contributed by atoms with van der Waals surface area (Å²) in [5.41, 5.74) is 7.31. The Morgan fingerprint density at radius 2 is 1.82 bits per heavy atom. The van der Waals surface area contributed by atoms with Crippen molar-refractivity contribution in [1.82, 2.24) is 29.7 Å². The number of carbonyl (C=O) groups is 1. The lowest BCUT2D eigenvalue weighted by Crippen LogP contribution is -2.28. The van der Waals surface area contributed by atoms with E-state index < -0.39 is 0 Å². The van der Waals surface area contributed by atoms with Gasteiger partial charge in [-0.15, -0.1) is 0 Å². The third kappa shape index (κ3) is 4.64. The molecule has 0 aliphatic carbocycles. The zero-order valence-electron chi connectivity index (χ0n) is 21.9. The Morgan fingerprint density at radius 1 is 1.00 bits per heavy atom. The number of nitrogens with zero attached hydrogens (tertiary/aromatic N) is 5. The first kappa shape index (κ1) is 24.1. The predicted molar refractivity (Wildman–Crippen MR) is 152 cm³/mol. The fourth-order valence-corrected chi connectivity index (χ4v) is 4.86. The van der Waals surface area contributed by atoms with Gasteiger partial charge in [-0.2, -0.15) is 10.2 Å². The van der Waals surface area contributed by atoms with Crippen molar-refractivity contribution < 1.29 is 4.79 Å². The third-order valence-electron chi connectivity index (χ3n) is 6.72. The van der Waals surface area contributed by atoms with E-state index >= 15 is 0 Å². The predicted octanol–water partition coefficient (Wildman–Crippen LogP) is 5.48. The second kappa shape index (κ2) is 9.92. The second-order valence-electron chi connectivity index (χ2n) is 9.50. The fourth-order valence-electron chi connectivity index (χ4n) is 4.86. The molecule has 7 nitrogen and oxygen atoms in total. The summed E-state index contributed by atoms with van der Waals surface area (Å²) in [5.74, 6) is 6.32. The van der Waals surface area contributed by atoms with Crippen LogP contribution in [0, 0.1) is 18.8 Å². The maximum absolute atomic E-state index is 13.5. The van der Waals surface area contributed by atoms with Crippen LogP contribution in [0.25, 0.3) is 27.5 Å². The SMILES string of the molecule is Cc1nn2ccccc2c1C(=O)N[C@@H](C)c1nc2cccc(C#Cc3cnn(C)c3)c2cc1-c1ccccc1. The Balaban J connectivity index is 1.43. The quantitative estimate of drug-likeness (QED) is 0.319. The molecule has 0 spiro atoms. The number of benzene rings is 2. The van der Waals surface area contributed by atoms with Crippen LogP contribution in [0.4, 0.5) is 0 Å². The number of pyridine rings is 2. The average Bonchev–Trinajstić information content (AvgIpc) is 3.52. The van der Waals surface area contributed by atoms with Crippen molar-refractivity contribution in [3.05, 3.63) is 119 Å². The monoisotopic (exact) mass is 510 g/mol. The van der Waals surface area contributed by atoms with Gasteiger partial charge in [-0.05, 0) is 49.7 Å². The Morgan fingerprint density at radius 3 is 2.62 bits per heavy atom. The zero-order chi connectivity index (χ0) is 26.9. The van der Waals surface area contributed by atoms with E-state index in [9.17, 15) is 4.79 Å². The van der Waals surface area contributed by atoms with Crippen LogP contribution in [0.15, 0.2) is 91.4 Å². The molecule has 1 atom stereocenters. The molecule has 2 aromatic carbocycles. The van der Waals surface area contributed by atoms with Gasteiger partial charge < -0.3 is 5.32 Å². The summed E-state index contributed by atoms with van der Waals surface area (Å²) in [4.78, 5) is 18.6. The zero-order valence-corrected chi connectivity index (χ0v) is 21.9. The Hall–Kier alpha value is -5.22. The number of rotatable bonds is 4. The average molecular weight is 511 g/mol. The molecule has 39 heavy (non-hydrogen) atoms. The number of amides is 1. The largest absolute Gasteiger partial charge is 0.344 e. The molecule has 0 saturated heterocycles. The Kier molecular flexibility index (Phi) is 6.14. The van der Waals surface area contributed by atoms with Crippen molar-refractivity contribution in [2.75, 3.05) is 0 Å². The molecule has 0 aliphatic heterocycles. The maximum atomic E-state index is 13.5. The Bertz CT molecular complexity index is 1910. The van der Waals surface area contributed by atoms with Crippen molar-refractivity contribution in [1.29, 1.82) is 0 Å². The molecule has 190 valence electrons. The lowest BCUT2D eigenvalue weighted by molar-refractivity contribution is 0.0940. The minimum absolute atomic E-state index is 0.182. The van der Waals surface area contributed by atoms with Crippen LogP contribution in [-0.2, 0) is 7.05 Å². The van der Waals surface area contributed by atoms with Crippen molar-refractivity contribution in [3.8, 4) is 23.0 Å². The summed E-state index contributed by atoms with van der Waals surface area (Å²) in [6.45, 7) is 3.82. The van der Waals surface area contributed by atoms with Crippen LogP contribution in [-0.4, -0.2) is 30.3 Å². The molecule has 0 bridgehead atoms. The van der Waals surface area contributed by atoms with Gasteiger partial charge in [-0.25, -0.2) is 9.50 Å². The van der Waals surface area contributed by atoms with E-state index in [1.165, 1.54) is 0 Å². The number of hydrogen-bond donors (Lipinski definition) is 1. The first-order chi connectivity index (χ1) is 19.0. The van der Waals surface area contributed by atoms with Gasteiger partial charge >= 0.3 is 0 Å². The van der Waals surface area contributed by atoms with Crippen LogP contribution in [0.2, 0.25) is 0 Å². The van der Waals surface area contributed by atoms with E-state index in [4.69, 9.17) is 4.98 Å². The molecule has 4 heterocycles. The first-order valence-corrected chi connectivity index (χ1v) is 12.7. The van der Waals surface area contributed by atoms with Crippen LogP contribution in [0.1, 0.15) is 45.8 Å². The molecule has 4 aromatic heterocycles. The van der Waals surface area contributed by atoms with E-state index in [2.05, 4.69) is 45.6 Å². The smallest absolute Gasteiger partial charge is 0.255 e. The minimum atomic E-state index is -0.361. The number of hydrogen-bond acceptors (Lipinski definition) is 4. The minimum Gasteiger partial charge on any atom is -0.344 e. The molecule has 1 N–H and O–H groups in total. The molecule has 6 aromatic rings. The van der Waals surface area contributed by atoms with Gasteiger partial charge in [0, 0.05) is 36.0 Å². The van der Waals surface area contributed by atoms with Gasteiger partial charge in [0.2, 0.25) is 0 Å². The molecule has 1 amide bonds. The number of carbonyl (C=O) groups excluding carboxylic acids is 1. The lowest BCUT2D eigenvalue weighted by Gasteiger charge is -2.19. The number of aryl methyl sites for hydroxylation is 2. The molecule has 6 rings (SSSR count). The van der Waals surface area contributed by atoms with Gasteiger partial charge in [0.05, 0.1) is 45.8 Å². The van der Waals surface area contributed by atoms with Crippen molar-refractivity contribution in [3.63, 3.8) is 0 Å². The molecule has 0 unspecified atom stereocenters. The topological polar surface area (TPSA) is 77.1 Å². The standard InChI is InChI=1S/C32H26N6O/c1-21-30(29-14-7-8-17-38(29)36-21)32(39)34-22(2)31-27(24-10-5-4-6-11-24)18-26-25(12-9-13-28(26)35-31)16-15-23-19-33-37(3)20-23/h4-14,17-20,22H,1-3H3,(H,34,39)/t22-/m0/s1. The van der Waals surface area contributed by atoms with Crippen molar-refractivity contribution >= 4 is 22.3 Å². The number of nitrogens with one attached hydrogen (secondary N) is 1. The van der Waals surface area contributed by atoms with Crippen LogP contribution in [0.5, 0.6) is 0 Å². The van der Waals surface area contributed by atoms with Crippen molar-refractivity contribution in [2.45, 2.75) is 19.9 Å². The highest BCUT2D eigenvalue weighted by atomic mass is 16.1. The van der Waals surface area contributed by atoms with E-state index in [-0.39, 0.29) is 11.9 Å². The van der Waals surface area contributed by atoms with Crippen LogP contribution < -0.4 is 5.32 Å². The molecule has 0 fully saturated rings. The van der Waals surface area contributed by atoms with E-state index in [1.54, 1.807) is 15.4 Å². The van der Waals surface area contributed by atoms with E-state index in [0.717, 1.165) is 44.4 Å². The third-order valence-corrected chi connectivity index (χ3v) is 6.72. The highest BCUT2D eigenvalue weighted by Crippen LogP contribution is 2.32. The van der Waals surface area contributed by atoms with Gasteiger partial charge in [-0.1, -0.05) is 54.3 Å². The van der Waals surface area contributed by atoms with Crippen molar-refractivity contribution in [2.24, 2.45) is 7.05 Å². The summed E-state index contributed by atoms with van der Waals surface area (Å²) in [6.07, 6.45) is 5.48. The number of fused-ring (bicyclic) bond motifs is 2. The molecule has 0 aliphatic rings. The Labute approximate surface area is 226 Å². The van der Waals surface area contributed by atoms with Gasteiger partial charge in [0.15, 0.2) is 0 Å². The summed E-state index contributed by atoms with van der Waals surface area (Å²) in [7, 11) is 1.87. The normalized spacial score (nSPS) is 11.8. The molecule has 0 radical (unpaired) electrons. The van der Waals surface area contributed by atoms with Crippen LogP contribution in [0.3, 0.4) is 0 Å². The van der Waals surface area contributed by atoms with Gasteiger partial charge in [-0.3, -0.25) is 9.48 Å². The van der Waals surface area contributed by atoms with E-state index in [1.807, 2.05) is 87.9 Å². The molecular formula is C32H26N6O. The van der Waals surface area contributed by atoms with Crippen LogP contribution >= 0.6 is 0 Å². The summed E-state index contributed by atoms with van der Waals surface area (Å²) >= 11 is 0. The maximum Gasteiger partial charge on any atom is 0.255 e. The molecule has 7 heteroatoms.